The first-order valence-corrected chi connectivity index (χ1v) is 9.76. The number of benzene rings is 2. The minimum absolute atomic E-state index is 0.0279. The first-order chi connectivity index (χ1) is 12.5. The lowest BCUT2D eigenvalue weighted by molar-refractivity contribution is -0.156. The monoisotopic (exact) mass is 375 g/mol. The van der Waals surface area contributed by atoms with Crippen LogP contribution in [0.15, 0.2) is 59.5 Å². The van der Waals surface area contributed by atoms with Gasteiger partial charge in [0, 0.05) is 0 Å². The van der Waals surface area contributed by atoms with Crippen molar-refractivity contribution < 1.29 is 22.7 Å². The molecule has 7 heteroatoms. The van der Waals surface area contributed by atoms with Crippen LogP contribution in [0.2, 0.25) is 0 Å². The predicted octanol–water partition coefficient (Wildman–Crippen LogP) is 2.48. The molecule has 3 rings (SSSR count). The van der Waals surface area contributed by atoms with E-state index in [1.807, 2.05) is 37.3 Å². The molecule has 0 N–H and O–H groups in total. The van der Waals surface area contributed by atoms with Gasteiger partial charge in [-0.2, -0.15) is 4.31 Å². The molecule has 0 unspecified atom stereocenters. The van der Waals surface area contributed by atoms with Gasteiger partial charge in [-0.3, -0.25) is 4.79 Å². The summed E-state index contributed by atoms with van der Waals surface area (Å²) < 4.78 is 37.7. The van der Waals surface area contributed by atoms with Gasteiger partial charge in [-0.1, -0.05) is 48.0 Å². The number of cyclic esters (lactones) is 1. The molecule has 1 aliphatic rings. The second-order valence-electron chi connectivity index (χ2n) is 6.21. The number of nitrogens with zero attached hydrogens (tertiary/aromatic N) is 1. The summed E-state index contributed by atoms with van der Waals surface area (Å²) in [5.74, 6) is -0.423. The number of rotatable bonds is 6. The predicted molar refractivity (Wildman–Crippen MR) is 95.7 cm³/mol. The Labute approximate surface area is 153 Å². The van der Waals surface area contributed by atoms with Gasteiger partial charge in [-0.15, -0.1) is 0 Å². The van der Waals surface area contributed by atoms with Crippen molar-refractivity contribution in [1.29, 1.82) is 0 Å². The van der Waals surface area contributed by atoms with Crippen LogP contribution in [-0.4, -0.2) is 38.1 Å². The average Bonchev–Trinajstić information content (AvgIpc) is 2.63. The minimum atomic E-state index is -3.77. The lowest BCUT2D eigenvalue weighted by Crippen LogP contribution is -2.49. The van der Waals surface area contributed by atoms with E-state index in [1.165, 1.54) is 4.31 Å². The van der Waals surface area contributed by atoms with Gasteiger partial charge in [-0.05, 0) is 24.6 Å². The maximum absolute atomic E-state index is 12.9. The highest BCUT2D eigenvalue weighted by Crippen LogP contribution is 2.24. The van der Waals surface area contributed by atoms with Crippen LogP contribution in [0.1, 0.15) is 17.5 Å². The van der Waals surface area contributed by atoms with Crippen LogP contribution in [0.3, 0.4) is 0 Å². The van der Waals surface area contributed by atoms with Crippen LogP contribution in [-0.2, 0) is 30.9 Å². The molecular formula is C19H21NO5S. The minimum Gasteiger partial charge on any atom is -0.448 e. The molecule has 1 heterocycles. The number of carbonyl (C=O) groups excluding carboxylic acids is 1. The SMILES string of the molecule is Cc1ccc(S(=O)(=O)N2COC(=O)C[C@H]2COCc2ccccc2)cc1. The zero-order valence-electron chi connectivity index (χ0n) is 14.5. The maximum atomic E-state index is 12.9. The van der Waals surface area contributed by atoms with Gasteiger partial charge in [0.1, 0.15) is 0 Å². The van der Waals surface area contributed by atoms with Crippen LogP contribution < -0.4 is 0 Å². The average molecular weight is 375 g/mol. The van der Waals surface area contributed by atoms with Crippen molar-refractivity contribution >= 4 is 16.0 Å². The van der Waals surface area contributed by atoms with Crippen molar-refractivity contribution in [3.05, 3.63) is 65.7 Å². The van der Waals surface area contributed by atoms with Crippen molar-refractivity contribution in [3.63, 3.8) is 0 Å². The second kappa shape index (κ2) is 7.99. The Morgan fingerprint density at radius 3 is 2.50 bits per heavy atom. The second-order valence-corrected chi connectivity index (χ2v) is 8.10. The molecule has 138 valence electrons. The van der Waals surface area contributed by atoms with Crippen molar-refractivity contribution in [2.45, 2.75) is 30.9 Å². The normalized spacial score (nSPS) is 18.5. The van der Waals surface area contributed by atoms with E-state index < -0.39 is 22.0 Å². The van der Waals surface area contributed by atoms with E-state index in [-0.39, 0.29) is 24.7 Å². The fourth-order valence-electron chi connectivity index (χ4n) is 2.73. The summed E-state index contributed by atoms with van der Waals surface area (Å²) in [4.78, 5) is 11.8. The molecule has 0 amide bonds. The van der Waals surface area contributed by atoms with Crippen LogP contribution >= 0.6 is 0 Å². The first kappa shape index (κ1) is 18.6. The Morgan fingerprint density at radius 2 is 1.81 bits per heavy atom. The zero-order chi connectivity index (χ0) is 18.6. The molecule has 0 spiro atoms. The topological polar surface area (TPSA) is 72.9 Å². The Bertz CT molecular complexity index is 849. The molecule has 1 aliphatic heterocycles. The number of carbonyl (C=O) groups is 1. The number of hydrogen-bond donors (Lipinski definition) is 0. The number of sulfonamides is 1. The summed E-state index contributed by atoms with van der Waals surface area (Å²) in [7, 11) is -3.77. The summed E-state index contributed by atoms with van der Waals surface area (Å²) in [6, 6.07) is 15.6. The Morgan fingerprint density at radius 1 is 1.12 bits per heavy atom. The highest BCUT2D eigenvalue weighted by atomic mass is 32.2. The van der Waals surface area contributed by atoms with Gasteiger partial charge in [0.05, 0.1) is 30.6 Å². The van der Waals surface area contributed by atoms with Gasteiger partial charge >= 0.3 is 5.97 Å². The number of ether oxygens (including phenoxy) is 2. The summed E-state index contributed by atoms with van der Waals surface area (Å²) in [5, 5.41) is 0. The molecule has 2 aromatic carbocycles. The van der Waals surface area contributed by atoms with Gasteiger partial charge in [-0.25, -0.2) is 8.42 Å². The molecule has 0 aromatic heterocycles. The van der Waals surface area contributed by atoms with E-state index in [2.05, 4.69) is 0 Å². The maximum Gasteiger partial charge on any atom is 0.308 e. The Kier molecular flexibility index (Phi) is 5.70. The third-order valence-electron chi connectivity index (χ3n) is 4.21. The van der Waals surface area contributed by atoms with Crippen molar-refractivity contribution in [2.75, 3.05) is 13.3 Å². The van der Waals surface area contributed by atoms with E-state index in [4.69, 9.17) is 9.47 Å². The summed E-state index contributed by atoms with van der Waals surface area (Å²) >= 11 is 0. The molecule has 0 radical (unpaired) electrons. The molecule has 1 atom stereocenters. The molecule has 0 bridgehead atoms. The summed E-state index contributed by atoms with van der Waals surface area (Å²) in [5.41, 5.74) is 1.95. The number of hydrogen-bond acceptors (Lipinski definition) is 5. The number of esters is 1. The van der Waals surface area contributed by atoms with E-state index >= 15 is 0 Å². The Balaban J connectivity index is 1.73. The largest absolute Gasteiger partial charge is 0.448 e. The van der Waals surface area contributed by atoms with Crippen LogP contribution in [0.4, 0.5) is 0 Å². The molecule has 1 fully saturated rings. The lowest BCUT2D eigenvalue weighted by Gasteiger charge is -2.33. The molecule has 1 saturated heterocycles. The van der Waals surface area contributed by atoms with Gasteiger partial charge in [0.15, 0.2) is 6.73 Å². The van der Waals surface area contributed by atoms with Gasteiger partial charge in [0.25, 0.3) is 0 Å². The smallest absolute Gasteiger partial charge is 0.308 e. The molecule has 0 aliphatic carbocycles. The van der Waals surface area contributed by atoms with E-state index in [9.17, 15) is 13.2 Å². The molecule has 2 aromatic rings. The van der Waals surface area contributed by atoms with Crippen molar-refractivity contribution in [1.82, 2.24) is 4.31 Å². The lowest BCUT2D eigenvalue weighted by atomic mass is 10.2. The first-order valence-electron chi connectivity index (χ1n) is 8.32. The van der Waals surface area contributed by atoms with E-state index in [0.717, 1.165) is 11.1 Å². The third-order valence-corrected chi connectivity index (χ3v) is 6.10. The van der Waals surface area contributed by atoms with Crippen LogP contribution in [0, 0.1) is 6.92 Å². The standard InChI is InChI=1S/C19H21NO5S/c1-15-7-9-18(10-8-15)26(22,23)20-14-25-19(21)11-17(20)13-24-12-16-5-3-2-4-6-16/h2-10,17H,11-14H2,1H3/t17-/m0/s1. The molecule has 26 heavy (non-hydrogen) atoms. The zero-order valence-corrected chi connectivity index (χ0v) is 15.3. The number of aryl methyl sites for hydroxylation is 1. The molecular weight excluding hydrogens is 354 g/mol. The van der Waals surface area contributed by atoms with E-state index in [1.54, 1.807) is 24.3 Å². The fraction of sp³-hybridized carbons (Fsp3) is 0.316. The van der Waals surface area contributed by atoms with Crippen molar-refractivity contribution in [2.24, 2.45) is 0 Å². The molecule has 0 saturated carbocycles. The molecule has 6 nitrogen and oxygen atoms in total. The van der Waals surface area contributed by atoms with Crippen LogP contribution in [0.5, 0.6) is 0 Å². The quantitative estimate of drug-likeness (QED) is 0.725. The van der Waals surface area contributed by atoms with Crippen molar-refractivity contribution in [3.8, 4) is 0 Å². The fourth-order valence-corrected chi connectivity index (χ4v) is 4.20. The summed E-state index contributed by atoms with van der Waals surface area (Å²) in [6.45, 7) is 2.06. The van der Waals surface area contributed by atoms with Gasteiger partial charge < -0.3 is 9.47 Å². The van der Waals surface area contributed by atoms with E-state index in [0.29, 0.717) is 6.61 Å². The highest BCUT2D eigenvalue weighted by Gasteiger charge is 2.37. The summed E-state index contributed by atoms with van der Waals surface area (Å²) in [6.07, 6.45) is -0.0279. The third kappa shape index (κ3) is 4.30. The van der Waals surface area contributed by atoms with Gasteiger partial charge in [0.2, 0.25) is 10.0 Å². The highest BCUT2D eigenvalue weighted by molar-refractivity contribution is 7.89. The Hall–Kier alpha value is -2.22. The van der Waals surface area contributed by atoms with Crippen LogP contribution in [0.25, 0.3) is 0 Å².